The Kier molecular flexibility index (Phi) is 3.93. The largest absolute Gasteiger partial charge is 0.486 e. The second kappa shape index (κ2) is 5.63. The second-order valence-electron chi connectivity index (χ2n) is 3.41. The Labute approximate surface area is 108 Å². The Morgan fingerprint density at radius 3 is 3.00 bits per heavy atom. The molecule has 0 radical (unpaired) electrons. The van der Waals surface area contributed by atoms with Gasteiger partial charge in [-0.05, 0) is 34.1 Å². The van der Waals surface area contributed by atoms with Crippen molar-refractivity contribution < 1.29 is 4.74 Å². The van der Waals surface area contributed by atoms with E-state index in [2.05, 4.69) is 31.2 Å². The fraction of sp³-hybridized carbons (Fsp3) is 0.167. The summed E-state index contributed by atoms with van der Waals surface area (Å²) in [6.07, 6.45) is 5.14. The summed E-state index contributed by atoms with van der Waals surface area (Å²) in [5, 5.41) is 3.06. The molecule has 0 unspecified atom stereocenters. The van der Waals surface area contributed by atoms with Crippen molar-refractivity contribution in [2.45, 2.75) is 6.61 Å². The molecule has 0 amide bonds. The minimum absolute atomic E-state index is 0.424. The maximum absolute atomic E-state index is 5.59. The molecular formula is C12H12BrN3O. The Bertz CT molecular complexity index is 505. The van der Waals surface area contributed by atoms with Crippen LogP contribution in [0.4, 0.5) is 5.69 Å². The lowest BCUT2D eigenvalue weighted by molar-refractivity contribution is 0.300. The molecule has 0 bridgehead atoms. The molecule has 0 saturated carbocycles. The molecule has 2 aromatic rings. The molecule has 1 N–H and O–H groups in total. The lowest BCUT2D eigenvalue weighted by atomic mass is 10.3. The van der Waals surface area contributed by atoms with Crippen LogP contribution >= 0.6 is 15.9 Å². The first-order valence-electron chi connectivity index (χ1n) is 5.14. The average molecular weight is 294 g/mol. The molecule has 0 fully saturated rings. The third-order valence-corrected chi connectivity index (χ3v) is 2.61. The third-order valence-electron chi connectivity index (χ3n) is 2.17. The van der Waals surface area contributed by atoms with Crippen molar-refractivity contribution in [3.05, 3.63) is 47.0 Å². The number of pyridine rings is 2. The van der Waals surface area contributed by atoms with Gasteiger partial charge >= 0.3 is 0 Å². The number of ether oxygens (including phenoxy) is 1. The van der Waals surface area contributed by atoms with Crippen LogP contribution in [0, 0.1) is 0 Å². The van der Waals surface area contributed by atoms with Crippen molar-refractivity contribution in [1.29, 1.82) is 0 Å². The van der Waals surface area contributed by atoms with Gasteiger partial charge < -0.3 is 10.1 Å². The van der Waals surface area contributed by atoms with Gasteiger partial charge in [0.25, 0.3) is 0 Å². The number of aromatic nitrogens is 2. The van der Waals surface area contributed by atoms with E-state index in [-0.39, 0.29) is 0 Å². The van der Waals surface area contributed by atoms with Crippen LogP contribution in [0.3, 0.4) is 0 Å². The summed E-state index contributed by atoms with van der Waals surface area (Å²) in [6, 6.07) is 5.73. The first-order valence-corrected chi connectivity index (χ1v) is 5.93. The van der Waals surface area contributed by atoms with Gasteiger partial charge in [0, 0.05) is 29.6 Å². The summed E-state index contributed by atoms with van der Waals surface area (Å²) in [4.78, 5) is 8.25. The van der Waals surface area contributed by atoms with E-state index in [1.165, 1.54) is 0 Å². The molecular weight excluding hydrogens is 282 g/mol. The van der Waals surface area contributed by atoms with Crippen LogP contribution in [0.1, 0.15) is 5.69 Å². The molecule has 2 rings (SSSR count). The molecule has 2 heterocycles. The molecule has 0 aliphatic carbocycles. The van der Waals surface area contributed by atoms with Gasteiger partial charge in [0.05, 0.1) is 11.9 Å². The monoisotopic (exact) mass is 293 g/mol. The van der Waals surface area contributed by atoms with Gasteiger partial charge in [-0.25, -0.2) is 0 Å². The zero-order valence-corrected chi connectivity index (χ0v) is 10.9. The Hall–Kier alpha value is -1.62. The standard InChI is InChI=1S/C12H12BrN3O/c1-14-10-2-3-16-11(5-10)8-17-12-4-9(13)6-15-7-12/h2-7H,8H2,1H3,(H,14,16). The van der Waals surface area contributed by atoms with Gasteiger partial charge in [-0.2, -0.15) is 0 Å². The molecule has 4 nitrogen and oxygen atoms in total. The van der Waals surface area contributed by atoms with Gasteiger partial charge in [-0.1, -0.05) is 0 Å². The van der Waals surface area contributed by atoms with Gasteiger partial charge in [0.1, 0.15) is 12.4 Å². The highest BCUT2D eigenvalue weighted by Gasteiger charge is 1.99. The average Bonchev–Trinajstić information content (AvgIpc) is 2.37. The van der Waals surface area contributed by atoms with E-state index in [0.717, 1.165) is 21.6 Å². The van der Waals surface area contributed by atoms with Gasteiger partial charge in [0.2, 0.25) is 0 Å². The zero-order valence-electron chi connectivity index (χ0n) is 9.35. The topological polar surface area (TPSA) is 47.0 Å². The zero-order chi connectivity index (χ0) is 12.1. The van der Waals surface area contributed by atoms with E-state index >= 15 is 0 Å². The highest BCUT2D eigenvalue weighted by atomic mass is 79.9. The number of hydrogen-bond acceptors (Lipinski definition) is 4. The predicted octanol–water partition coefficient (Wildman–Crippen LogP) is 2.86. The van der Waals surface area contributed by atoms with Crippen LogP contribution in [0.15, 0.2) is 41.3 Å². The van der Waals surface area contributed by atoms with Crippen molar-refractivity contribution in [3.63, 3.8) is 0 Å². The molecule has 0 aliphatic heterocycles. The molecule has 88 valence electrons. The van der Waals surface area contributed by atoms with Crippen molar-refractivity contribution >= 4 is 21.6 Å². The van der Waals surface area contributed by atoms with Crippen molar-refractivity contribution in [2.75, 3.05) is 12.4 Å². The summed E-state index contributed by atoms with van der Waals surface area (Å²) in [7, 11) is 1.87. The summed E-state index contributed by atoms with van der Waals surface area (Å²) in [5.74, 6) is 0.719. The Balaban J connectivity index is 2.02. The Morgan fingerprint density at radius 1 is 1.35 bits per heavy atom. The highest BCUT2D eigenvalue weighted by molar-refractivity contribution is 9.10. The van der Waals surface area contributed by atoms with Crippen LogP contribution in [0.5, 0.6) is 5.75 Å². The number of nitrogens with zero attached hydrogens (tertiary/aromatic N) is 2. The number of anilines is 1. The molecule has 0 aromatic carbocycles. The fourth-order valence-corrected chi connectivity index (χ4v) is 1.69. The predicted molar refractivity (Wildman–Crippen MR) is 70.1 cm³/mol. The number of halogens is 1. The fourth-order valence-electron chi connectivity index (χ4n) is 1.34. The van der Waals surface area contributed by atoms with Gasteiger partial charge in [-0.3, -0.25) is 9.97 Å². The van der Waals surface area contributed by atoms with Gasteiger partial charge in [0.15, 0.2) is 0 Å². The van der Waals surface area contributed by atoms with E-state index in [4.69, 9.17) is 4.74 Å². The number of nitrogens with one attached hydrogen (secondary N) is 1. The second-order valence-corrected chi connectivity index (χ2v) is 4.33. The first kappa shape index (κ1) is 11.9. The van der Waals surface area contributed by atoms with E-state index < -0.39 is 0 Å². The number of hydrogen-bond donors (Lipinski definition) is 1. The lowest BCUT2D eigenvalue weighted by Gasteiger charge is -2.06. The van der Waals surface area contributed by atoms with Crippen LogP contribution in [0.2, 0.25) is 0 Å². The van der Waals surface area contributed by atoms with Crippen LogP contribution in [-0.2, 0) is 6.61 Å². The van der Waals surface area contributed by atoms with Crippen molar-refractivity contribution in [3.8, 4) is 5.75 Å². The highest BCUT2D eigenvalue weighted by Crippen LogP contribution is 2.17. The normalized spacial score (nSPS) is 10.0. The quantitative estimate of drug-likeness (QED) is 0.942. The molecule has 17 heavy (non-hydrogen) atoms. The summed E-state index contributed by atoms with van der Waals surface area (Å²) in [5.41, 5.74) is 1.89. The molecule has 2 aromatic heterocycles. The van der Waals surface area contributed by atoms with E-state index in [0.29, 0.717) is 6.61 Å². The molecule has 0 atom stereocenters. The maximum Gasteiger partial charge on any atom is 0.139 e. The molecule has 0 aliphatic rings. The smallest absolute Gasteiger partial charge is 0.139 e. The van der Waals surface area contributed by atoms with Crippen molar-refractivity contribution in [1.82, 2.24) is 9.97 Å². The molecule has 0 saturated heterocycles. The third kappa shape index (κ3) is 3.42. The minimum atomic E-state index is 0.424. The molecule has 5 heteroatoms. The summed E-state index contributed by atoms with van der Waals surface area (Å²) in [6.45, 7) is 0.424. The SMILES string of the molecule is CNc1ccnc(COc2cncc(Br)c2)c1. The van der Waals surface area contributed by atoms with E-state index in [1.807, 2.05) is 25.2 Å². The van der Waals surface area contributed by atoms with Crippen LogP contribution < -0.4 is 10.1 Å². The lowest BCUT2D eigenvalue weighted by Crippen LogP contribution is -1.99. The first-order chi connectivity index (χ1) is 8.28. The van der Waals surface area contributed by atoms with Crippen LogP contribution in [0.25, 0.3) is 0 Å². The Morgan fingerprint density at radius 2 is 2.24 bits per heavy atom. The van der Waals surface area contributed by atoms with E-state index in [1.54, 1.807) is 18.6 Å². The summed E-state index contributed by atoms with van der Waals surface area (Å²) < 4.78 is 6.48. The molecule has 0 spiro atoms. The maximum atomic E-state index is 5.59. The van der Waals surface area contributed by atoms with Gasteiger partial charge in [-0.15, -0.1) is 0 Å². The number of rotatable bonds is 4. The summed E-state index contributed by atoms with van der Waals surface area (Å²) >= 11 is 3.34. The van der Waals surface area contributed by atoms with E-state index in [9.17, 15) is 0 Å². The van der Waals surface area contributed by atoms with Crippen molar-refractivity contribution in [2.24, 2.45) is 0 Å². The minimum Gasteiger partial charge on any atom is -0.486 e. The van der Waals surface area contributed by atoms with Crippen LogP contribution in [-0.4, -0.2) is 17.0 Å².